The van der Waals surface area contributed by atoms with Crippen molar-refractivity contribution in [2.75, 3.05) is 0 Å². The van der Waals surface area contributed by atoms with Gasteiger partial charge in [-0.3, -0.25) is 0 Å². The van der Waals surface area contributed by atoms with Crippen molar-refractivity contribution in [3.8, 4) is 0 Å². The van der Waals surface area contributed by atoms with E-state index in [0.717, 1.165) is 0 Å². The summed E-state index contributed by atoms with van der Waals surface area (Å²) in [6.07, 6.45) is 0. The van der Waals surface area contributed by atoms with Crippen LogP contribution in [0.2, 0.25) is 0 Å². The molecule has 0 saturated carbocycles. The third-order valence-electron chi connectivity index (χ3n) is 0. The Morgan fingerprint density at radius 3 is 1.20 bits per heavy atom. The molecule has 0 fully saturated rings. The van der Waals surface area contributed by atoms with Gasteiger partial charge in [0.1, 0.15) is 0 Å². The zero-order valence-electron chi connectivity index (χ0n) is 2.04. The SMILES string of the molecule is [O]=[Ce]([F])([F])[F]. The number of hydrogen-bond donors (Lipinski definition) is 0. The molecule has 0 aliphatic carbocycles. The fourth-order valence-electron chi connectivity index (χ4n) is 0. The standard InChI is InChI=1S/Ce.3FH.O/h;3*1H;/q+3;;;;/p-3. The molecule has 0 aliphatic heterocycles. The van der Waals surface area contributed by atoms with Gasteiger partial charge in [-0.1, -0.05) is 0 Å². The molecule has 1 nitrogen and oxygen atoms in total. The van der Waals surface area contributed by atoms with Gasteiger partial charge in [0, 0.05) is 0 Å². The van der Waals surface area contributed by atoms with Gasteiger partial charge in [0.2, 0.25) is 0 Å². The van der Waals surface area contributed by atoms with Crippen LogP contribution < -0.4 is 0 Å². The fourth-order valence-corrected chi connectivity index (χ4v) is 0. The van der Waals surface area contributed by atoms with E-state index in [4.69, 9.17) is 0.938 Å². The Morgan fingerprint density at radius 2 is 1.20 bits per heavy atom. The van der Waals surface area contributed by atoms with Gasteiger partial charge in [-0.25, -0.2) is 0 Å². The average molecular weight is 213 g/mol. The number of rotatable bonds is 0. The van der Waals surface area contributed by atoms with E-state index in [1.807, 2.05) is 0 Å². The second-order valence-corrected chi connectivity index (χ2v) is 3.25. The van der Waals surface area contributed by atoms with Crippen molar-refractivity contribution in [1.29, 1.82) is 0 Å². The maximum atomic E-state index is 10.0. The second-order valence-electron chi connectivity index (χ2n) is 0.446. The Kier molecular flexibility index (Phi) is 1.92. The maximum absolute atomic E-state index is 10.0. The topological polar surface area (TPSA) is 17.1 Å². The van der Waals surface area contributed by atoms with Crippen molar-refractivity contribution < 1.29 is 39.6 Å². The minimum atomic E-state index is -7.03. The molecule has 0 saturated heterocycles. The molecule has 0 spiro atoms. The van der Waals surface area contributed by atoms with Crippen molar-refractivity contribution in [1.82, 2.24) is 0 Å². The molecule has 0 rings (SSSR count). The van der Waals surface area contributed by atoms with Crippen molar-refractivity contribution in [3.05, 3.63) is 0 Å². The summed E-state index contributed by atoms with van der Waals surface area (Å²) in [7, 11) is 0. The molecule has 0 aliphatic rings. The van der Waals surface area contributed by atoms with Crippen molar-refractivity contribution in [2.45, 2.75) is 0 Å². The molecule has 0 aromatic carbocycles. The first-order chi connectivity index (χ1) is 2.00. The fraction of sp³-hybridized carbons (Fsp3) is 0. The third kappa shape index (κ3) is 46.8. The van der Waals surface area contributed by atoms with Crippen LogP contribution in [0.1, 0.15) is 0 Å². The molecule has 0 radical (unpaired) electrons. The van der Waals surface area contributed by atoms with Gasteiger partial charge in [-0.05, 0) is 0 Å². The van der Waals surface area contributed by atoms with Gasteiger partial charge < -0.3 is 0 Å². The summed E-state index contributed by atoms with van der Waals surface area (Å²) in [4.78, 5) is 0. The monoisotopic (exact) mass is 213 g/mol. The van der Waals surface area contributed by atoms with Crippen molar-refractivity contribution in [2.24, 2.45) is 0 Å². The predicted molar refractivity (Wildman–Crippen MR) is 4.01 cm³/mol. The van der Waals surface area contributed by atoms with E-state index in [-0.39, 0.29) is 0 Å². The Balaban J connectivity index is 3.47. The van der Waals surface area contributed by atoms with E-state index < -0.39 is 36.0 Å². The summed E-state index contributed by atoms with van der Waals surface area (Å²) in [5, 5.41) is 0. The average Bonchev–Trinajstić information content (AvgIpc) is 0.722. The van der Waals surface area contributed by atoms with Gasteiger partial charge in [0.25, 0.3) is 0 Å². The number of halogens is 3. The second kappa shape index (κ2) is 1.61. The summed E-state index contributed by atoms with van der Waals surface area (Å²) in [5.41, 5.74) is 0. The summed E-state index contributed by atoms with van der Waals surface area (Å²) >= 11 is -7.03. The van der Waals surface area contributed by atoms with E-state index in [0.29, 0.717) is 0 Å². The van der Waals surface area contributed by atoms with Crippen LogP contribution >= 0.6 is 0 Å². The first-order valence-electron chi connectivity index (χ1n) is 0.771. The zero-order chi connectivity index (χ0) is 4.50. The zero-order valence-corrected chi connectivity index (χ0v) is 5.18. The van der Waals surface area contributed by atoms with Crippen molar-refractivity contribution >= 4 is 0 Å². The third-order valence-corrected chi connectivity index (χ3v) is 0. The molecule has 5 heteroatoms. The Morgan fingerprint density at radius 1 is 1.20 bits per heavy atom. The molecule has 0 atom stereocenters. The van der Waals surface area contributed by atoms with E-state index >= 15 is 0 Å². The summed E-state index contributed by atoms with van der Waals surface area (Å²) in [5.74, 6) is 0. The molecule has 5 heavy (non-hydrogen) atoms. The first kappa shape index (κ1) is 5.97. The van der Waals surface area contributed by atoms with Gasteiger partial charge in [-0.15, -0.1) is 0 Å². The molecular weight excluding hydrogens is 213 g/mol. The van der Waals surface area contributed by atoms with Gasteiger partial charge in [-0.2, -0.15) is 0 Å². The Bertz CT molecular complexity index is 53.0. The number of hydrogen-bond acceptors (Lipinski definition) is 1. The first-order valence-corrected chi connectivity index (χ1v) is 5.61. The summed E-state index contributed by atoms with van der Waals surface area (Å²) in [6, 6.07) is 0. The molecule has 0 aromatic rings. The predicted octanol–water partition coefficient (Wildman–Crippen LogP) is 1.14. The van der Waals surface area contributed by atoms with Crippen LogP contribution in [-0.4, -0.2) is 0 Å². The van der Waals surface area contributed by atoms with E-state index in [9.17, 15) is 2.73 Å². The quantitative estimate of drug-likeness (QED) is 0.589. The molecule has 0 N–H and O–H groups in total. The molecule has 0 unspecified atom stereocenters. The van der Waals surface area contributed by atoms with Crippen LogP contribution in [0.3, 0.4) is 0 Å². The van der Waals surface area contributed by atoms with Crippen LogP contribution in [-0.2, 0) is 0.938 Å². The molecular formula is CeF3O. The van der Waals surface area contributed by atoms with Crippen LogP contribution in [0.5, 0.6) is 0 Å². The van der Waals surface area contributed by atoms with E-state index in [2.05, 4.69) is 0 Å². The molecule has 31 valence electrons. The minimum absolute atomic E-state index is 7.03. The van der Waals surface area contributed by atoms with Crippen LogP contribution in [0, 0.1) is 36.0 Å². The molecule has 0 amide bonds. The summed E-state index contributed by atoms with van der Waals surface area (Å²) in [6.45, 7) is 0. The Hall–Kier alpha value is 0.967. The Labute approximate surface area is 39.2 Å². The summed E-state index contributed by atoms with van der Waals surface area (Å²) < 4.78 is 38.4. The van der Waals surface area contributed by atoms with Crippen LogP contribution in [0.25, 0.3) is 0 Å². The van der Waals surface area contributed by atoms with Gasteiger partial charge in [0.05, 0.1) is 0 Å². The van der Waals surface area contributed by atoms with Gasteiger partial charge in [0.15, 0.2) is 0 Å². The normalized spacial score (nSPS) is 11.8. The van der Waals surface area contributed by atoms with Crippen LogP contribution in [0.4, 0.5) is 2.73 Å². The van der Waals surface area contributed by atoms with E-state index in [1.165, 1.54) is 0 Å². The molecule has 0 bridgehead atoms. The van der Waals surface area contributed by atoms with Gasteiger partial charge >= 0.3 is 39.6 Å². The molecule has 0 aromatic heterocycles. The van der Waals surface area contributed by atoms with Crippen LogP contribution in [0.15, 0.2) is 0 Å². The van der Waals surface area contributed by atoms with Crippen molar-refractivity contribution in [3.63, 3.8) is 0 Å². The molecule has 0 heterocycles. The van der Waals surface area contributed by atoms with E-state index in [1.54, 1.807) is 0 Å².